The molecule has 0 bridgehead atoms. The number of carbonyl (C=O) groups excluding carboxylic acids is 1. The van der Waals surface area contributed by atoms with Crippen molar-refractivity contribution in [3.63, 3.8) is 0 Å². The highest BCUT2D eigenvalue weighted by atomic mass is 16.3. The predicted octanol–water partition coefficient (Wildman–Crippen LogP) is 1.35. The van der Waals surface area contributed by atoms with E-state index >= 15 is 0 Å². The normalized spacial score (nSPS) is 10.3. The Labute approximate surface area is 67.4 Å². The first-order valence-corrected chi connectivity index (χ1v) is 3.33. The van der Waals surface area contributed by atoms with Gasteiger partial charge in [-0.25, -0.2) is 4.98 Å². The van der Waals surface area contributed by atoms with Gasteiger partial charge in [-0.3, -0.25) is 4.79 Å². The minimum absolute atomic E-state index is 0.0225. The highest BCUT2D eigenvalue weighted by Gasteiger charge is 2.03. The number of fused-ring (bicyclic) bond motifs is 1. The summed E-state index contributed by atoms with van der Waals surface area (Å²) in [6.07, 6.45) is 1.89. The molecule has 60 valence electrons. The van der Waals surface area contributed by atoms with Crippen LogP contribution in [0.3, 0.4) is 0 Å². The van der Waals surface area contributed by atoms with E-state index in [2.05, 4.69) is 4.98 Å². The number of carbonyl (C=O) groups is 1. The van der Waals surface area contributed by atoms with Gasteiger partial charge in [0.25, 0.3) is 0 Å². The van der Waals surface area contributed by atoms with Crippen LogP contribution in [-0.2, 0) is 0 Å². The summed E-state index contributed by atoms with van der Waals surface area (Å²) in [6.45, 7) is 0. The molecule has 2 aromatic heterocycles. The summed E-state index contributed by atoms with van der Waals surface area (Å²) in [5.41, 5.74) is 0.979. The Morgan fingerprint density at radius 1 is 1.50 bits per heavy atom. The van der Waals surface area contributed by atoms with Crippen LogP contribution in [0.4, 0.5) is 0 Å². The molecule has 0 saturated heterocycles. The summed E-state index contributed by atoms with van der Waals surface area (Å²) in [5.74, 6) is 0.234. The van der Waals surface area contributed by atoms with E-state index in [1.54, 1.807) is 0 Å². The van der Waals surface area contributed by atoms with Gasteiger partial charge < -0.3 is 9.52 Å². The van der Waals surface area contributed by atoms with E-state index in [-0.39, 0.29) is 11.5 Å². The maximum Gasteiger partial charge on any atom is 0.185 e. The van der Waals surface area contributed by atoms with Crippen molar-refractivity contribution in [2.45, 2.75) is 0 Å². The van der Waals surface area contributed by atoms with Crippen molar-refractivity contribution in [2.24, 2.45) is 0 Å². The molecule has 2 rings (SSSR count). The van der Waals surface area contributed by atoms with E-state index in [0.717, 1.165) is 0 Å². The minimum atomic E-state index is 0.0225. The van der Waals surface area contributed by atoms with Gasteiger partial charge in [0.05, 0.1) is 6.20 Å². The predicted molar refractivity (Wildman–Crippen MR) is 41.1 cm³/mol. The number of aromatic nitrogens is 1. The van der Waals surface area contributed by atoms with Gasteiger partial charge in [-0.05, 0) is 0 Å². The molecule has 1 N–H and O–H groups in total. The van der Waals surface area contributed by atoms with Gasteiger partial charge in [0.15, 0.2) is 17.6 Å². The van der Waals surface area contributed by atoms with Gasteiger partial charge in [-0.15, -0.1) is 0 Å². The third-order valence-electron chi connectivity index (χ3n) is 1.49. The molecular weight excluding hydrogens is 158 g/mol. The quantitative estimate of drug-likeness (QED) is 0.644. The first kappa shape index (κ1) is 6.84. The van der Waals surface area contributed by atoms with E-state index < -0.39 is 0 Å². The van der Waals surface area contributed by atoms with Crippen LogP contribution >= 0.6 is 0 Å². The first-order chi connectivity index (χ1) is 5.79. The third-order valence-corrected chi connectivity index (χ3v) is 1.49. The molecule has 0 aliphatic carbocycles. The second-order valence-electron chi connectivity index (χ2n) is 2.34. The lowest BCUT2D eigenvalue weighted by molar-refractivity contribution is 0.110. The molecule has 0 aliphatic rings. The number of nitrogens with zero attached hydrogens (tertiary/aromatic N) is 1. The average molecular weight is 163 g/mol. The molecule has 0 fully saturated rings. The lowest BCUT2D eigenvalue weighted by Crippen LogP contribution is -1.70. The molecule has 2 aromatic rings. The minimum Gasteiger partial charge on any atom is -0.506 e. The van der Waals surface area contributed by atoms with Crippen molar-refractivity contribution in [3.8, 4) is 5.75 Å². The fraction of sp³-hybridized carbons (Fsp3) is 0. The Morgan fingerprint density at radius 2 is 2.33 bits per heavy atom. The third kappa shape index (κ3) is 0.934. The van der Waals surface area contributed by atoms with Crippen LogP contribution in [0.2, 0.25) is 0 Å². The van der Waals surface area contributed by atoms with Gasteiger partial charge >= 0.3 is 0 Å². The van der Waals surface area contributed by atoms with E-state index in [4.69, 9.17) is 9.52 Å². The fourth-order valence-corrected chi connectivity index (χ4v) is 0.984. The van der Waals surface area contributed by atoms with E-state index in [1.807, 2.05) is 0 Å². The van der Waals surface area contributed by atoms with Crippen LogP contribution in [-0.4, -0.2) is 16.4 Å². The number of aldehydes is 1. The highest BCUT2D eigenvalue weighted by molar-refractivity contribution is 5.82. The second-order valence-corrected chi connectivity index (χ2v) is 2.34. The van der Waals surface area contributed by atoms with Crippen molar-refractivity contribution >= 4 is 17.4 Å². The first-order valence-electron chi connectivity index (χ1n) is 3.33. The van der Waals surface area contributed by atoms with Crippen molar-refractivity contribution in [1.29, 1.82) is 0 Å². The molecule has 0 atom stereocenters. The van der Waals surface area contributed by atoms with Crippen LogP contribution in [0.5, 0.6) is 5.75 Å². The van der Waals surface area contributed by atoms with Crippen LogP contribution in [0.15, 0.2) is 22.7 Å². The zero-order valence-electron chi connectivity index (χ0n) is 6.02. The lowest BCUT2D eigenvalue weighted by Gasteiger charge is -1.87. The molecule has 0 unspecified atom stereocenters. The van der Waals surface area contributed by atoms with Gasteiger partial charge in [-0.1, -0.05) is 0 Å². The van der Waals surface area contributed by atoms with Crippen molar-refractivity contribution in [1.82, 2.24) is 4.98 Å². The number of furan rings is 1. The van der Waals surface area contributed by atoms with E-state index in [1.165, 1.54) is 18.3 Å². The van der Waals surface area contributed by atoms with E-state index in [0.29, 0.717) is 17.4 Å². The zero-order chi connectivity index (χ0) is 8.55. The smallest absolute Gasteiger partial charge is 0.185 e. The Kier molecular flexibility index (Phi) is 1.33. The molecule has 0 saturated carbocycles. The summed E-state index contributed by atoms with van der Waals surface area (Å²) >= 11 is 0. The summed E-state index contributed by atoms with van der Waals surface area (Å²) in [4.78, 5) is 14.1. The molecule has 0 aromatic carbocycles. The van der Waals surface area contributed by atoms with Crippen molar-refractivity contribution in [3.05, 3.63) is 24.1 Å². The summed E-state index contributed by atoms with van der Waals surface area (Å²) in [7, 11) is 0. The van der Waals surface area contributed by atoms with Gasteiger partial charge in [0, 0.05) is 12.1 Å². The molecule has 12 heavy (non-hydrogen) atoms. The summed E-state index contributed by atoms with van der Waals surface area (Å²) in [5, 5.41) is 9.00. The molecular formula is C8H5NO3. The lowest BCUT2D eigenvalue weighted by atomic mass is 10.4. The average Bonchev–Trinajstić information content (AvgIpc) is 2.46. The summed E-state index contributed by atoms with van der Waals surface area (Å²) in [6, 6.07) is 2.93. The van der Waals surface area contributed by atoms with Gasteiger partial charge in [0.1, 0.15) is 11.3 Å². The molecule has 0 amide bonds. The summed E-state index contributed by atoms with van der Waals surface area (Å²) < 4.78 is 5.01. The topological polar surface area (TPSA) is 63.3 Å². The van der Waals surface area contributed by atoms with Crippen molar-refractivity contribution < 1.29 is 14.3 Å². The molecule has 4 nitrogen and oxygen atoms in total. The number of rotatable bonds is 1. The molecule has 0 spiro atoms. The number of aromatic hydroxyl groups is 1. The standard InChI is InChI=1S/C8H5NO3/c10-4-6-2-7-8(12-6)1-5(11)3-9-7/h1-4,11H. The van der Waals surface area contributed by atoms with Crippen LogP contribution in [0, 0.1) is 0 Å². The molecule has 4 heteroatoms. The molecule has 0 radical (unpaired) electrons. The zero-order valence-corrected chi connectivity index (χ0v) is 6.02. The maximum absolute atomic E-state index is 10.3. The van der Waals surface area contributed by atoms with Gasteiger partial charge in [-0.2, -0.15) is 0 Å². The Morgan fingerprint density at radius 3 is 3.08 bits per heavy atom. The largest absolute Gasteiger partial charge is 0.506 e. The van der Waals surface area contributed by atoms with Crippen molar-refractivity contribution in [2.75, 3.05) is 0 Å². The number of hydrogen-bond donors (Lipinski definition) is 1. The Hall–Kier alpha value is -1.84. The Bertz CT molecular complexity index is 433. The Balaban J connectivity index is 2.75. The monoisotopic (exact) mass is 163 g/mol. The number of pyridine rings is 1. The van der Waals surface area contributed by atoms with Crippen LogP contribution in [0.1, 0.15) is 10.6 Å². The molecule has 0 aliphatic heterocycles. The molecule has 2 heterocycles. The maximum atomic E-state index is 10.3. The highest BCUT2D eigenvalue weighted by Crippen LogP contribution is 2.19. The van der Waals surface area contributed by atoms with E-state index in [9.17, 15) is 4.79 Å². The van der Waals surface area contributed by atoms with Crippen LogP contribution < -0.4 is 0 Å². The number of hydrogen-bond acceptors (Lipinski definition) is 4. The second kappa shape index (κ2) is 2.34. The van der Waals surface area contributed by atoms with Gasteiger partial charge in [0.2, 0.25) is 0 Å². The van der Waals surface area contributed by atoms with Crippen LogP contribution in [0.25, 0.3) is 11.1 Å². The SMILES string of the molecule is O=Cc1cc2ncc(O)cc2o1. The fourth-order valence-electron chi connectivity index (χ4n) is 0.984.